The van der Waals surface area contributed by atoms with Gasteiger partial charge in [-0.05, 0) is 0 Å². The van der Waals surface area contributed by atoms with Gasteiger partial charge in [0.25, 0.3) is 0 Å². The Kier molecular flexibility index (Phi) is 6.33. The first-order valence-electron chi connectivity index (χ1n) is 6.85. The summed E-state index contributed by atoms with van der Waals surface area (Å²) in [5.41, 5.74) is 0. The van der Waals surface area contributed by atoms with E-state index in [9.17, 15) is 0 Å². The van der Waals surface area contributed by atoms with Crippen molar-refractivity contribution in [1.82, 2.24) is 2.45 Å². The first kappa shape index (κ1) is 17.2. The minimum absolute atomic E-state index is 1.13. The Bertz CT molecular complexity index is 192. The van der Waals surface area contributed by atoms with E-state index in [0.717, 1.165) is 0 Å². The van der Waals surface area contributed by atoms with Crippen LogP contribution >= 0.6 is 0 Å². The molecule has 0 heterocycles. The van der Waals surface area contributed by atoms with Gasteiger partial charge in [0, 0.05) is 0 Å². The van der Waals surface area contributed by atoms with Crippen LogP contribution < -0.4 is 0 Å². The van der Waals surface area contributed by atoms with E-state index in [1.54, 1.807) is 0 Å². The number of nitrogens with zero attached hydrogens (tertiary/aromatic N) is 1. The van der Waals surface area contributed by atoms with Crippen molar-refractivity contribution in [3.63, 3.8) is 0 Å². The van der Waals surface area contributed by atoms with Crippen LogP contribution in [0.25, 0.3) is 0 Å². The van der Waals surface area contributed by atoms with Gasteiger partial charge in [0.1, 0.15) is 0 Å². The number of rotatable bonds is 6. The molecule has 0 aromatic rings. The summed E-state index contributed by atoms with van der Waals surface area (Å²) < 4.78 is 7.75. The molecule has 0 fully saturated rings. The first-order chi connectivity index (χ1) is 7.05. The molecule has 0 aliphatic heterocycles. The first-order valence-corrected chi connectivity index (χ1v) is 21.1. The molecule has 0 atom stereocenters. The molecule has 0 spiro atoms. The van der Waals surface area contributed by atoms with Gasteiger partial charge in [-0.15, -0.1) is 0 Å². The molecule has 0 aromatic heterocycles. The van der Waals surface area contributed by atoms with Crippen molar-refractivity contribution in [2.45, 2.75) is 73.4 Å². The summed E-state index contributed by atoms with van der Waals surface area (Å²) >= 11 is -1.99. The fourth-order valence-corrected chi connectivity index (χ4v) is 52.3. The third kappa shape index (κ3) is 3.85. The second kappa shape index (κ2) is 5.89. The van der Waals surface area contributed by atoms with Crippen LogP contribution in [-0.2, 0) is 0 Å². The van der Waals surface area contributed by atoms with Gasteiger partial charge in [-0.2, -0.15) is 0 Å². The van der Waals surface area contributed by atoms with Gasteiger partial charge in [0.05, 0.1) is 0 Å². The predicted octanol–water partition coefficient (Wildman–Crippen LogP) is 4.96. The van der Waals surface area contributed by atoms with Crippen LogP contribution in [0.3, 0.4) is 0 Å². The summed E-state index contributed by atoms with van der Waals surface area (Å²) in [6.45, 7) is 22.8. The Morgan fingerprint density at radius 2 is 0.938 bits per heavy atom. The van der Waals surface area contributed by atoms with Crippen molar-refractivity contribution >= 4 is 35.1 Å². The molecule has 0 aliphatic carbocycles. The topological polar surface area (TPSA) is 3.24 Å². The summed E-state index contributed by atoms with van der Waals surface area (Å²) in [7, 11) is -2.26. The molecule has 0 amide bonds. The Morgan fingerprint density at radius 3 is 1.00 bits per heavy atom. The number of hydrogen-bond donors (Lipinski definition) is 0. The van der Waals surface area contributed by atoms with E-state index in [0.29, 0.717) is 0 Å². The van der Waals surface area contributed by atoms with Gasteiger partial charge < -0.3 is 0 Å². The quantitative estimate of drug-likeness (QED) is 0.601. The van der Waals surface area contributed by atoms with Crippen LogP contribution in [0.1, 0.15) is 20.8 Å². The zero-order valence-corrected chi connectivity index (χ0v) is 17.9. The molecule has 0 saturated carbocycles. The van der Waals surface area contributed by atoms with Crippen molar-refractivity contribution < 1.29 is 0 Å². The van der Waals surface area contributed by atoms with Gasteiger partial charge in [0.15, 0.2) is 0 Å². The van der Waals surface area contributed by atoms with Gasteiger partial charge in [-0.25, -0.2) is 0 Å². The van der Waals surface area contributed by atoms with Crippen LogP contribution in [-0.4, -0.2) is 37.6 Å². The average Bonchev–Trinajstić information content (AvgIpc) is 2.10. The van der Waals surface area contributed by atoms with Crippen LogP contribution in [0, 0.1) is 0 Å². The Hall–Kier alpha value is 1.19. The van der Waals surface area contributed by atoms with E-state index in [2.05, 4.69) is 62.5 Å². The SMILES string of the molecule is C[CH2][Sn]([CH2]C)([CH2]C)[N]([Si](C)(C)C)[Si](C)(C)C. The molecule has 0 aliphatic rings. The van der Waals surface area contributed by atoms with Crippen molar-refractivity contribution in [1.29, 1.82) is 0 Å². The fourth-order valence-electron chi connectivity index (χ4n) is 3.65. The van der Waals surface area contributed by atoms with E-state index in [1.807, 2.05) is 0 Å². The minimum atomic E-state index is -1.99. The second-order valence-electron chi connectivity index (χ2n) is 6.96. The zero-order valence-electron chi connectivity index (χ0n) is 13.1. The van der Waals surface area contributed by atoms with E-state index >= 15 is 0 Å². The maximum absolute atomic E-state index is 3.22. The molecule has 0 bridgehead atoms. The van der Waals surface area contributed by atoms with Crippen molar-refractivity contribution in [3.8, 4) is 0 Å². The third-order valence-corrected chi connectivity index (χ3v) is 42.3. The van der Waals surface area contributed by atoms with Crippen LogP contribution in [0.2, 0.25) is 52.6 Å². The van der Waals surface area contributed by atoms with Gasteiger partial charge in [0.2, 0.25) is 0 Å². The standard InChI is InChI=1S/C6H18NSi2.3C2H5.Sn/c1-8(2,3)7-9(4,5)6;3*1-2;/h1-6H3;3*1H2,2H3;/q-1;;;;+1. The summed E-state index contributed by atoms with van der Waals surface area (Å²) in [5, 5.41) is 0. The van der Waals surface area contributed by atoms with Crippen molar-refractivity contribution in [3.05, 3.63) is 0 Å². The molecular formula is C12H33NSi2Sn. The van der Waals surface area contributed by atoms with E-state index in [-0.39, 0.29) is 0 Å². The van der Waals surface area contributed by atoms with E-state index < -0.39 is 35.1 Å². The van der Waals surface area contributed by atoms with Gasteiger partial charge >= 0.3 is 111 Å². The van der Waals surface area contributed by atoms with Crippen molar-refractivity contribution in [2.24, 2.45) is 0 Å². The zero-order chi connectivity index (χ0) is 13.2. The maximum atomic E-state index is 3.22. The van der Waals surface area contributed by atoms with Gasteiger partial charge in [-0.1, -0.05) is 0 Å². The summed E-state index contributed by atoms with van der Waals surface area (Å²) in [4.78, 5) is 0. The molecule has 0 N–H and O–H groups in total. The second-order valence-corrected chi connectivity index (χ2v) is 33.9. The summed E-state index contributed by atoms with van der Waals surface area (Å²) in [6.07, 6.45) is 0. The molecule has 4 heteroatoms. The fraction of sp³-hybridized carbons (Fsp3) is 1.00. The Morgan fingerprint density at radius 1 is 0.688 bits per heavy atom. The van der Waals surface area contributed by atoms with Crippen LogP contribution in [0.15, 0.2) is 0 Å². The molecule has 0 aromatic carbocycles. The van der Waals surface area contributed by atoms with Crippen molar-refractivity contribution in [2.75, 3.05) is 0 Å². The summed E-state index contributed by atoms with van der Waals surface area (Å²) in [5.74, 6) is 0. The van der Waals surface area contributed by atoms with Gasteiger partial charge in [-0.3, -0.25) is 0 Å². The third-order valence-electron chi connectivity index (χ3n) is 3.79. The molecule has 0 rings (SSSR count). The molecule has 0 radical (unpaired) electrons. The van der Waals surface area contributed by atoms with E-state index in [4.69, 9.17) is 0 Å². The average molecular weight is 366 g/mol. The monoisotopic (exact) mass is 367 g/mol. The molecule has 1 nitrogen and oxygen atoms in total. The molecule has 16 heavy (non-hydrogen) atoms. The molecule has 0 unspecified atom stereocenters. The summed E-state index contributed by atoms with van der Waals surface area (Å²) in [6, 6.07) is 0. The molecule has 0 saturated heterocycles. The Labute approximate surface area is 110 Å². The van der Waals surface area contributed by atoms with Crippen LogP contribution in [0.4, 0.5) is 0 Å². The Balaban J connectivity index is 5.49. The van der Waals surface area contributed by atoms with Crippen LogP contribution in [0.5, 0.6) is 0 Å². The normalized spacial score (nSPS) is 14.6. The van der Waals surface area contributed by atoms with E-state index in [1.165, 1.54) is 13.3 Å². The molecular weight excluding hydrogens is 333 g/mol. The number of hydrogen-bond acceptors (Lipinski definition) is 1. The molecule has 98 valence electrons. The predicted molar refractivity (Wildman–Crippen MR) is 85.7 cm³/mol.